The average Bonchev–Trinajstić information content (AvgIpc) is 2.82. The molecule has 0 bridgehead atoms. The minimum atomic E-state index is -0.443. The minimum absolute atomic E-state index is 0.443. The van der Waals surface area contributed by atoms with E-state index in [2.05, 4.69) is 5.32 Å². The number of rotatable bonds is 5. The highest BCUT2D eigenvalue weighted by Crippen LogP contribution is 2.20. The number of nitrogen functional groups attached to an aromatic ring is 1. The number of carbonyl (C=O) groups is 1. The van der Waals surface area contributed by atoms with E-state index < -0.39 is 5.91 Å². The Morgan fingerprint density at radius 1 is 1.50 bits per heavy atom. The molecule has 1 aliphatic heterocycles. The smallest absolute Gasteiger partial charge is 0.250 e. The fraction of sp³-hybridized carbons (Fsp3) is 0.462. The summed E-state index contributed by atoms with van der Waals surface area (Å²) in [5, 5.41) is 3.23. The van der Waals surface area contributed by atoms with Gasteiger partial charge in [-0.05, 0) is 37.0 Å². The number of anilines is 2. The molecule has 0 aliphatic carbocycles. The zero-order valence-corrected chi connectivity index (χ0v) is 10.3. The number of ether oxygens (including phenoxy) is 1. The van der Waals surface area contributed by atoms with Gasteiger partial charge >= 0.3 is 0 Å². The van der Waals surface area contributed by atoms with Crippen molar-refractivity contribution in [2.24, 2.45) is 11.7 Å². The summed E-state index contributed by atoms with van der Waals surface area (Å²) in [6.07, 6.45) is 2.13. The third-order valence-electron chi connectivity index (χ3n) is 3.20. The monoisotopic (exact) mass is 249 g/mol. The average molecular weight is 249 g/mol. The number of amides is 1. The highest BCUT2D eigenvalue weighted by atomic mass is 16.5. The maximum atomic E-state index is 11.3. The van der Waals surface area contributed by atoms with Crippen molar-refractivity contribution < 1.29 is 9.53 Å². The molecule has 1 aromatic rings. The summed E-state index contributed by atoms with van der Waals surface area (Å²) in [5.74, 6) is 0.164. The molecule has 1 aromatic carbocycles. The highest BCUT2D eigenvalue weighted by Gasteiger charge is 2.15. The fourth-order valence-corrected chi connectivity index (χ4v) is 2.14. The second-order valence-electron chi connectivity index (χ2n) is 4.61. The number of hydrogen-bond acceptors (Lipinski definition) is 4. The molecule has 1 unspecified atom stereocenters. The van der Waals surface area contributed by atoms with Gasteiger partial charge in [-0.3, -0.25) is 4.79 Å². The van der Waals surface area contributed by atoms with Gasteiger partial charge in [0.2, 0.25) is 0 Å². The predicted molar refractivity (Wildman–Crippen MR) is 71.4 cm³/mol. The van der Waals surface area contributed by atoms with Crippen LogP contribution in [0.15, 0.2) is 18.2 Å². The first kappa shape index (κ1) is 12.7. The van der Waals surface area contributed by atoms with E-state index in [4.69, 9.17) is 16.2 Å². The fourth-order valence-electron chi connectivity index (χ4n) is 2.14. The SMILES string of the molecule is NC(=O)c1ccc(N)cc1NCCC1CCOC1. The maximum Gasteiger partial charge on any atom is 0.250 e. The van der Waals surface area contributed by atoms with Crippen LogP contribution in [0.5, 0.6) is 0 Å². The van der Waals surface area contributed by atoms with Crippen molar-refractivity contribution in [3.63, 3.8) is 0 Å². The van der Waals surface area contributed by atoms with Crippen molar-refractivity contribution in [3.05, 3.63) is 23.8 Å². The second kappa shape index (κ2) is 5.73. The van der Waals surface area contributed by atoms with Crippen LogP contribution in [0.2, 0.25) is 0 Å². The second-order valence-corrected chi connectivity index (χ2v) is 4.61. The molecular formula is C13H19N3O2. The van der Waals surface area contributed by atoms with Crippen LogP contribution in [0.25, 0.3) is 0 Å². The molecule has 5 N–H and O–H groups in total. The van der Waals surface area contributed by atoms with Crippen molar-refractivity contribution in [3.8, 4) is 0 Å². The lowest BCUT2D eigenvalue weighted by Crippen LogP contribution is -2.16. The molecule has 0 saturated carbocycles. The Morgan fingerprint density at radius 2 is 2.33 bits per heavy atom. The zero-order valence-electron chi connectivity index (χ0n) is 10.3. The van der Waals surface area contributed by atoms with Crippen molar-refractivity contribution in [1.29, 1.82) is 0 Å². The lowest BCUT2D eigenvalue weighted by molar-refractivity contribution is 0.100. The minimum Gasteiger partial charge on any atom is -0.399 e. The lowest BCUT2D eigenvalue weighted by Gasteiger charge is -2.12. The summed E-state index contributed by atoms with van der Waals surface area (Å²) in [6.45, 7) is 2.48. The Morgan fingerprint density at radius 3 is 3.00 bits per heavy atom. The summed E-state index contributed by atoms with van der Waals surface area (Å²) >= 11 is 0. The Balaban J connectivity index is 1.94. The Labute approximate surface area is 106 Å². The Hall–Kier alpha value is -1.75. The molecule has 5 nitrogen and oxygen atoms in total. The van der Waals surface area contributed by atoms with Crippen LogP contribution in [-0.2, 0) is 4.74 Å². The van der Waals surface area contributed by atoms with Gasteiger partial charge < -0.3 is 21.5 Å². The highest BCUT2D eigenvalue weighted by molar-refractivity contribution is 5.99. The van der Waals surface area contributed by atoms with E-state index in [1.165, 1.54) is 0 Å². The first-order valence-electron chi connectivity index (χ1n) is 6.18. The van der Waals surface area contributed by atoms with Gasteiger partial charge in [0.1, 0.15) is 0 Å². The molecule has 1 aliphatic rings. The van der Waals surface area contributed by atoms with E-state index in [9.17, 15) is 4.79 Å². The largest absolute Gasteiger partial charge is 0.399 e. The molecule has 2 rings (SSSR count). The first-order valence-corrected chi connectivity index (χ1v) is 6.18. The molecule has 1 atom stereocenters. The number of nitrogens with two attached hydrogens (primary N) is 2. The van der Waals surface area contributed by atoms with Crippen LogP contribution in [-0.4, -0.2) is 25.7 Å². The topological polar surface area (TPSA) is 90.4 Å². The van der Waals surface area contributed by atoms with Gasteiger partial charge in [-0.2, -0.15) is 0 Å². The lowest BCUT2D eigenvalue weighted by atomic mass is 10.0. The number of primary amides is 1. The number of carbonyl (C=O) groups excluding carboxylic acids is 1. The molecule has 1 heterocycles. The number of hydrogen-bond donors (Lipinski definition) is 3. The molecule has 1 fully saturated rings. The molecule has 0 aromatic heterocycles. The Bertz CT molecular complexity index is 428. The quantitative estimate of drug-likeness (QED) is 0.684. The van der Waals surface area contributed by atoms with Crippen LogP contribution in [0, 0.1) is 5.92 Å². The standard InChI is InChI=1S/C13H19N3O2/c14-10-1-2-11(13(15)17)12(7-10)16-5-3-9-4-6-18-8-9/h1-2,7,9,16H,3-6,8,14H2,(H2,15,17). The molecule has 98 valence electrons. The summed E-state index contributed by atoms with van der Waals surface area (Å²) in [5.41, 5.74) is 12.8. The van der Waals surface area contributed by atoms with Crippen LogP contribution in [0.4, 0.5) is 11.4 Å². The van der Waals surface area contributed by atoms with E-state index in [1.54, 1.807) is 18.2 Å². The van der Waals surface area contributed by atoms with Crippen molar-refractivity contribution in [2.45, 2.75) is 12.8 Å². The Kier molecular flexibility index (Phi) is 4.04. The molecule has 0 radical (unpaired) electrons. The molecule has 1 amide bonds. The van der Waals surface area contributed by atoms with E-state index in [0.717, 1.165) is 32.6 Å². The van der Waals surface area contributed by atoms with Crippen molar-refractivity contribution >= 4 is 17.3 Å². The molecule has 0 spiro atoms. The first-order chi connectivity index (χ1) is 8.66. The maximum absolute atomic E-state index is 11.3. The summed E-state index contributed by atoms with van der Waals surface area (Å²) in [6, 6.07) is 5.07. The van der Waals surface area contributed by atoms with E-state index in [-0.39, 0.29) is 0 Å². The molecular weight excluding hydrogens is 230 g/mol. The summed E-state index contributed by atoms with van der Waals surface area (Å²) < 4.78 is 5.32. The van der Waals surface area contributed by atoms with Crippen LogP contribution >= 0.6 is 0 Å². The van der Waals surface area contributed by atoms with Gasteiger partial charge in [-0.15, -0.1) is 0 Å². The third kappa shape index (κ3) is 3.13. The van der Waals surface area contributed by atoms with Gasteiger partial charge in [0, 0.05) is 31.1 Å². The molecule has 1 saturated heterocycles. The van der Waals surface area contributed by atoms with Crippen LogP contribution in [0.3, 0.4) is 0 Å². The van der Waals surface area contributed by atoms with Crippen LogP contribution in [0.1, 0.15) is 23.2 Å². The van der Waals surface area contributed by atoms with Gasteiger partial charge in [0.25, 0.3) is 5.91 Å². The van der Waals surface area contributed by atoms with Crippen molar-refractivity contribution in [2.75, 3.05) is 30.8 Å². The van der Waals surface area contributed by atoms with E-state index in [1.807, 2.05) is 0 Å². The number of nitrogens with one attached hydrogen (secondary N) is 1. The number of benzene rings is 1. The summed E-state index contributed by atoms with van der Waals surface area (Å²) in [7, 11) is 0. The van der Waals surface area contributed by atoms with Crippen molar-refractivity contribution in [1.82, 2.24) is 0 Å². The molecule has 5 heteroatoms. The predicted octanol–water partition coefficient (Wildman–Crippen LogP) is 1.21. The van der Waals surface area contributed by atoms with Gasteiger partial charge in [-0.25, -0.2) is 0 Å². The van der Waals surface area contributed by atoms with Gasteiger partial charge in [0.15, 0.2) is 0 Å². The van der Waals surface area contributed by atoms with Gasteiger partial charge in [-0.1, -0.05) is 0 Å². The van der Waals surface area contributed by atoms with Crippen LogP contribution < -0.4 is 16.8 Å². The zero-order chi connectivity index (χ0) is 13.0. The van der Waals surface area contributed by atoms with Gasteiger partial charge in [0.05, 0.1) is 5.56 Å². The normalized spacial score (nSPS) is 18.8. The van der Waals surface area contributed by atoms with E-state index in [0.29, 0.717) is 22.9 Å². The van der Waals surface area contributed by atoms with E-state index >= 15 is 0 Å². The molecule has 18 heavy (non-hydrogen) atoms. The third-order valence-corrected chi connectivity index (χ3v) is 3.20. The summed E-state index contributed by atoms with van der Waals surface area (Å²) in [4.78, 5) is 11.3.